The van der Waals surface area contributed by atoms with Gasteiger partial charge in [0, 0.05) is 34.9 Å². The summed E-state index contributed by atoms with van der Waals surface area (Å²) in [5.41, 5.74) is 3.84. The molecule has 0 atom stereocenters. The molecule has 0 aliphatic carbocycles. The van der Waals surface area contributed by atoms with E-state index in [0.717, 1.165) is 22.5 Å². The summed E-state index contributed by atoms with van der Waals surface area (Å²) in [5, 5.41) is 8.20. The number of nitrogens with one attached hydrogen (secondary N) is 1. The minimum Gasteiger partial charge on any atom is -0.351 e. The van der Waals surface area contributed by atoms with E-state index in [4.69, 9.17) is 11.6 Å². The molecule has 4 rings (SSSR count). The van der Waals surface area contributed by atoms with Crippen molar-refractivity contribution < 1.29 is 9.18 Å². The Morgan fingerprint density at radius 2 is 1.88 bits per heavy atom. The Morgan fingerprint density at radius 1 is 1.09 bits per heavy atom. The van der Waals surface area contributed by atoms with Gasteiger partial charge in [-0.25, -0.2) is 13.9 Å². The van der Waals surface area contributed by atoms with Crippen LogP contribution in [0.3, 0.4) is 0 Å². The van der Waals surface area contributed by atoms with Crippen molar-refractivity contribution in [3.63, 3.8) is 0 Å². The first-order chi connectivity index (χ1) is 15.4. The van der Waals surface area contributed by atoms with Crippen LogP contribution in [0.15, 0.2) is 53.7 Å². The Labute approximate surface area is 194 Å². The van der Waals surface area contributed by atoms with E-state index in [9.17, 15) is 9.18 Å². The maximum Gasteiger partial charge on any atom is 0.253 e. The zero-order chi connectivity index (χ0) is 22.7. The number of hydrogen-bond acceptors (Lipinski definition) is 5. The second-order valence-electron chi connectivity index (χ2n) is 7.30. The molecule has 0 aliphatic heterocycles. The Morgan fingerprint density at radius 3 is 2.62 bits per heavy atom. The summed E-state index contributed by atoms with van der Waals surface area (Å²) in [6.45, 7) is 4.22. The first-order valence-electron chi connectivity index (χ1n) is 10.0. The first kappa shape index (κ1) is 22.2. The van der Waals surface area contributed by atoms with Gasteiger partial charge in [0.2, 0.25) is 11.1 Å². The Balaban J connectivity index is 1.48. The molecule has 0 unspecified atom stereocenters. The van der Waals surface area contributed by atoms with Gasteiger partial charge in [-0.2, -0.15) is 4.98 Å². The summed E-state index contributed by atoms with van der Waals surface area (Å²) in [6.07, 6.45) is 0.302. The normalized spacial score (nSPS) is 11.1. The van der Waals surface area contributed by atoms with E-state index in [1.807, 2.05) is 44.2 Å². The molecular formula is C23H21ClFN5OS. The van der Waals surface area contributed by atoms with Gasteiger partial charge < -0.3 is 5.32 Å². The van der Waals surface area contributed by atoms with Crippen LogP contribution in [-0.4, -0.2) is 31.2 Å². The van der Waals surface area contributed by atoms with Crippen molar-refractivity contribution in [3.8, 4) is 0 Å². The largest absolute Gasteiger partial charge is 0.351 e. The quantitative estimate of drug-likeness (QED) is 0.402. The monoisotopic (exact) mass is 469 g/mol. The number of halogens is 2. The van der Waals surface area contributed by atoms with Crippen LogP contribution in [0.1, 0.15) is 28.1 Å². The Kier molecular flexibility index (Phi) is 6.72. The zero-order valence-corrected chi connectivity index (χ0v) is 19.2. The molecule has 0 radical (unpaired) electrons. The van der Waals surface area contributed by atoms with Crippen LogP contribution < -0.4 is 5.32 Å². The third-order valence-corrected chi connectivity index (χ3v) is 6.30. The number of amides is 1. The van der Waals surface area contributed by atoms with Crippen LogP contribution in [0.25, 0.3) is 5.78 Å². The molecule has 2 aromatic heterocycles. The highest BCUT2D eigenvalue weighted by molar-refractivity contribution is 7.99. The van der Waals surface area contributed by atoms with Gasteiger partial charge in [-0.05, 0) is 37.1 Å². The van der Waals surface area contributed by atoms with Crippen molar-refractivity contribution in [2.24, 2.45) is 0 Å². The molecule has 0 saturated heterocycles. The van der Waals surface area contributed by atoms with Gasteiger partial charge >= 0.3 is 0 Å². The summed E-state index contributed by atoms with van der Waals surface area (Å²) in [5.74, 6) is 0.177. The summed E-state index contributed by atoms with van der Waals surface area (Å²) >= 11 is 7.45. The molecule has 2 heterocycles. The first-order valence-corrected chi connectivity index (χ1v) is 11.4. The lowest BCUT2D eigenvalue weighted by molar-refractivity contribution is -0.118. The zero-order valence-electron chi connectivity index (χ0n) is 17.6. The van der Waals surface area contributed by atoms with Crippen LogP contribution in [0, 0.1) is 19.7 Å². The number of carbonyl (C=O) groups is 1. The maximum absolute atomic E-state index is 14.3. The topological polar surface area (TPSA) is 72.2 Å². The molecule has 4 aromatic rings. The molecular weight excluding hydrogens is 449 g/mol. The van der Waals surface area contributed by atoms with Crippen LogP contribution >= 0.6 is 23.4 Å². The van der Waals surface area contributed by atoms with E-state index in [0.29, 0.717) is 34.5 Å². The highest BCUT2D eigenvalue weighted by Crippen LogP contribution is 2.26. The van der Waals surface area contributed by atoms with E-state index in [1.165, 1.54) is 17.8 Å². The molecule has 164 valence electrons. The van der Waals surface area contributed by atoms with Gasteiger partial charge in [-0.1, -0.05) is 59.8 Å². The standard InChI is InChI=1S/C23H21ClFN5OS/c1-14-17(11-18-19(24)9-6-10-20(18)25)15(2)30-22(27-14)28-23(29-30)32-13-21(31)26-12-16-7-4-3-5-8-16/h3-10H,11-13H2,1-2H3,(H,26,31). The molecule has 9 heteroatoms. The van der Waals surface area contributed by atoms with E-state index < -0.39 is 0 Å². The fraction of sp³-hybridized carbons (Fsp3) is 0.217. The lowest BCUT2D eigenvalue weighted by atomic mass is 10.0. The maximum atomic E-state index is 14.3. The van der Waals surface area contributed by atoms with Crippen molar-refractivity contribution in [1.82, 2.24) is 24.9 Å². The van der Waals surface area contributed by atoms with Gasteiger partial charge in [0.25, 0.3) is 5.78 Å². The van der Waals surface area contributed by atoms with E-state index in [-0.39, 0.29) is 17.5 Å². The van der Waals surface area contributed by atoms with Crippen molar-refractivity contribution in [3.05, 3.63) is 87.4 Å². The Bertz CT molecular complexity index is 1260. The summed E-state index contributed by atoms with van der Waals surface area (Å²) in [7, 11) is 0. The highest BCUT2D eigenvalue weighted by Gasteiger charge is 2.17. The number of fused-ring (bicyclic) bond motifs is 1. The van der Waals surface area contributed by atoms with Gasteiger partial charge in [0.15, 0.2) is 0 Å². The second kappa shape index (κ2) is 9.67. The predicted octanol–water partition coefficient (Wildman–Crippen LogP) is 4.53. The molecule has 0 bridgehead atoms. The third-order valence-electron chi connectivity index (χ3n) is 5.11. The molecule has 1 N–H and O–H groups in total. The minimum absolute atomic E-state index is 0.103. The number of hydrogen-bond donors (Lipinski definition) is 1. The van der Waals surface area contributed by atoms with Crippen LogP contribution in [0.4, 0.5) is 4.39 Å². The smallest absolute Gasteiger partial charge is 0.253 e. The SMILES string of the molecule is Cc1nc2nc(SCC(=O)NCc3ccccc3)nn2c(C)c1Cc1c(F)cccc1Cl. The number of aryl methyl sites for hydroxylation is 2. The van der Waals surface area contributed by atoms with Crippen LogP contribution in [0.2, 0.25) is 5.02 Å². The third kappa shape index (κ3) is 4.92. The number of carbonyl (C=O) groups excluding carboxylic acids is 1. The van der Waals surface area contributed by atoms with Gasteiger partial charge in [0.05, 0.1) is 5.75 Å². The number of nitrogens with zero attached hydrogens (tertiary/aromatic N) is 4. The highest BCUT2D eigenvalue weighted by atomic mass is 35.5. The summed E-state index contributed by atoms with van der Waals surface area (Å²) in [4.78, 5) is 21.1. The van der Waals surface area contributed by atoms with Gasteiger partial charge in [-0.15, -0.1) is 5.10 Å². The molecule has 32 heavy (non-hydrogen) atoms. The molecule has 0 aliphatic rings. The number of benzene rings is 2. The number of aromatic nitrogens is 4. The van der Waals surface area contributed by atoms with Crippen molar-refractivity contribution in [2.75, 3.05) is 5.75 Å². The van der Waals surface area contributed by atoms with Crippen molar-refractivity contribution in [2.45, 2.75) is 32.0 Å². The second-order valence-corrected chi connectivity index (χ2v) is 8.65. The lowest BCUT2D eigenvalue weighted by Crippen LogP contribution is -2.24. The molecule has 0 saturated carbocycles. The fourth-order valence-electron chi connectivity index (χ4n) is 3.36. The van der Waals surface area contributed by atoms with Crippen LogP contribution in [0.5, 0.6) is 0 Å². The van der Waals surface area contributed by atoms with Crippen LogP contribution in [-0.2, 0) is 17.8 Å². The lowest BCUT2D eigenvalue weighted by Gasteiger charge is -2.12. The van der Waals surface area contributed by atoms with Crippen molar-refractivity contribution >= 4 is 35.0 Å². The van der Waals surface area contributed by atoms with Crippen molar-refractivity contribution in [1.29, 1.82) is 0 Å². The van der Waals surface area contributed by atoms with Gasteiger partial charge in [0.1, 0.15) is 5.82 Å². The number of thioether (sulfide) groups is 1. The molecule has 0 fully saturated rings. The minimum atomic E-state index is -0.354. The molecule has 0 spiro atoms. The van der Waals surface area contributed by atoms with Gasteiger partial charge in [-0.3, -0.25) is 4.79 Å². The number of rotatable bonds is 7. The van der Waals surface area contributed by atoms with E-state index in [1.54, 1.807) is 16.6 Å². The average molecular weight is 470 g/mol. The van der Waals surface area contributed by atoms with E-state index in [2.05, 4.69) is 20.4 Å². The molecule has 1 amide bonds. The molecule has 6 nitrogen and oxygen atoms in total. The average Bonchev–Trinajstić information content (AvgIpc) is 3.19. The fourth-order valence-corrected chi connectivity index (χ4v) is 4.24. The molecule has 2 aromatic carbocycles. The summed E-state index contributed by atoms with van der Waals surface area (Å²) in [6, 6.07) is 14.4. The predicted molar refractivity (Wildman–Crippen MR) is 123 cm³/mol. The van der Waals surface area contributed by atoms with E-state index >= 15 is 0 Å². The summed E-state index contributed by atoms with van der Waals surface area (Å²) < 4.78 is 15.9. The Hall–Kier alpha value is -2.97.